The summed E-state index contributed by atoms with van der Waals surface area (Å²) in [5.41, 5.74) is 2.06. The average molecular weight is 732 g/mol. The maximum atomic E-state index is 13.9. The summed E-state index contributed by atoms with van der Waals surface area (Å²) in [6, 6.07) is 11.4. The number of rotatable bonds is 15. The summed E-state index contributed by atoms with van der Waals surface area (Å²) in [5.74, 6) is -3.02. The highest BCUT2D eigenvalue weighted by Gasteiger charge is 2.34. The van der Waals surface area contributed by atoms with E-state index in [1.54, 1.807) is 13.2 Å². The molecule has 16 nitrogen and oxygen atoms in total. The van der Waals surface area contributed by atoms with Crippen LogP contribution < -0.4 is 10.2 Å². The van der Waals surface area contributed by atoms with Gasteiger partial charge in [-0.25, -0.2) is 9.78 Å². The smallest absolute Gasteiger partial charge is 0.409 e. The first-order chi connectivity index (χ1) is 24.5. The fraction of sp³-hybridized carbons (Fsp3) is 0.529. The van der Waals surface area contributed by atoms with Crippen LogP contribution >= 0.6 is 8.03 Å². The van der Waals surface area contributed by atoms with Gasteiger partial charge in [0.2, 0.25) is 13.9 Å². The number of anilines is 1. The number of methoxy groups -OCH3 is 1. The average Bonchev–Trinajstić information content (AvgIpc) is 3.60. The van der Waals surface area contributed by atoms with E-state index in [9.17, 15) is 28.5 Å². The van der Waals surface area contributed by atoms with E-state index >= 15 is 0 Å². The number of piperazine rings is 1. The first-order valence-electron chi connectivity index (χ1n) is 16.9. The number of unbranched alkanes of at least 4 members (excludes halogenated alkanes) is 1. The van der Waals surface area contributed by atoms with Crippen LogP contribution in [0.5, 0.6) is 0 Å². The van der Waals surface area contributed by atoms with E-state index in [1.165, 1.54) is 9.80 Å². The molecule has 3 heterocycles. The van der Waals surface area contributed by atoms with Gasteiger partial charge in [0.25, 0.3) is 5.91 Å². The van der Waals surface area contributed by atoms with Gasteiger partial charge in [0.05, 0.1) is 24.6 Å². The molecule has 3 amide bonds. The van der Waals surface area contributed by atoms with Gasteiger partial charge in [-0.2, -0.15) is 0 Å². The van der Waals surface area contributed by atoms with Gasteiger partial charge >= 0.3 is 24.5 Å². The zero-order valence-electron chi connectivity index (χ0n) is 29.3. The van der Waals surface area contributed by atoms with Crippen LogP contribution in [-0.2, 0) is 42.4 Å². The fourth-order valence-corrected chi connectivity index (χ4v) is 6.57. The molecule has 4 rings (SSSR count). The van der Waals surface area contributed by atoms with Crippen molar-refractivity contribution in [2.75, 3.05) is 64.0 Å². The first kappa shape index (κ1) is 39.3. The molecule has 51 heavy (non-hydrogen) atoms. The molecule has 0 radical (unpaired) electrons. The molecule has 2 aromatic rings. The Labute approximate surface area is 297 Å². The quantitative estimate of drug-likeness (QED) is 0.122. The summed E-state index contributed by atoms with van der Waals surface area (Å²) >= 11 is 0. The molecule has 0 aliphatic carbocycles. The molecule has 2 aliphatic rings. The normalized spacial score (nSPS) is 17.1. The SMILES string of the molecule is CCCCOC(=O)N1CCN(C(=O)[C@H](C[PH](=O)OC(OC(C)=O)OC(C)=O)NC(=O)c2cc(N3CC[C@H](OC)C3)cc(-c3ccccc3)n2)CC1. The molecule has 1 aromatic heterocycles. The van der Waals surface area contributed by atoms with E-state index in [2.05, 4.69) is 15.2 Å². The van der Waals surface area contributed by atoms with Crippen molar-refractivity contribution in [2.24, 2.45) is 0 Å². The Morgan fingerprint density at radius 1 is 0.961 bits per heavy atom. The van der Waals surface area contributed by atoms with E-state index in [0.717, 1.165) is 44.4 Å². The minimum atomic E-state index is -3.30. The summed E-state index contributed by atoms with van der Waals surface area (Å²) in [5, 5.41) is 2.69. The number of amides is 3. The number of pyridine rings is 1. The molecule has 2 aliphatic heterocycles. The van der Waals surface area contributed by atoms with E-state index in [1.807, 2.05) is 43.3 Å². The summed E-state index contributed by atoms with van der Waals surface area (Å²) in [6.45, 7) is 4.40. The number of hydrogen-bond donors (Lipinski definition) is 1. The van der Waals surface area contributed by atoms with Crippen LogP contribution in [0.1, 0.15) is 50.5 Å². The van der Waals surface area contributed by atoms with Gasteiger partial charge < -0.3 is 39.0 Å². The van der Waals surface area contributed by atoms with Crippen LogP contribution in [0, 0.1) is 0 Å². The topological polar surface area (TPSA) is 183 Å². The molecule has 2 fully saturated rings. The Hall–Kier alpha value is -4.53. The van der Waals surface area contributed by atoms with Crippen molar-refractivity contribution in [3.63, 3.8) is 0 Å². The molecular formula is C34H46N5O11P. The van der Waals surface area contributed by atoms with E-state index < -0.39 is 56.6 Å². The predicted molar refractivity (Wildman–Crippen MR) is 185 cm³/mol. The Bertz CT molecular complexity index is 1540. The molecule has 0 saturated carbocycles. The molecular weight excluding hydrogens is 685 g/mol. The molecule has 1 unspecified atom stereocenters. The van der Waals surface area contributed by atoms with Crippen molar-refractivity contribution >= 4 is 43.6 Å². The molecule has 3 atom stereocenters. The van der Waals surface area contributed by atoms with Crippen LogP contribution in [0.3, 0.4) is 0 Å². The lowest BCUT2D eigenvalue weighted by atomic mass is 10.1. The second kappa shape index (κ2) is 19.2. The van der Waals surface area contributed by atoms with Crippen molar-refractivity contribution < 1.29 is 52.0 Å². The van der Waals surface area contributed by atoms with Crippen molar-refractivity contribution in [1.82, 2.24) is 20.1 Å². The first-order valence-corrected chi connectivity index (χ1v) is 18.4. The monoisotopic (exact) mass is 731 g/mol. The molecule has 0 spiro atoms. The van der Waals surface area contributed by atoms with Crippen LogP contribution in [0.15, 0.2) is 42.5 Å². The third-order valence-corrected chi connectivity index (χ3v) is 9.45. The van der Waals surface area contributed by atoms with E-state index in [-0.39, 0.29) is 38.0 Å². The largest absolute Gasteiger partial charge is 0.449 e. The van der Waals surface area contributed by atoms with Gasteiger partial charge in [-0.1, -0.05) is 43.7 Å². The second-order valence-corrected chi connectivity index (χ2v) is 13.5. The van der Waals surface area contributed by atoms with E-state index in [0.29, 0.717) is 25.4 Å². The number of carbonyl (C=O) groups is 5. The molecule has 278 valence electrons. The standard InChI is InChI=1S/C34H46N5O11P/c1-5-6-18-47-33(44)38-16-14-37(15-17-38)32(43)30(22-51(45)50-34(48-23(2)40)49-24(3)41)36-31(42)29-20-26(39-13-12-27(21-39)46-4)19-28(35-29)25-10-8-7-9-11-25/h7-11,19-20,27,30,34,51H,5-6,12-18,21-22H2,1-4H3,(H,36,42)/t27-,30-/m0/s1. The molecule has 0 bridgehead atoms. The number of benzene rings is 1. The van der Waals surface area contributed by atoms with Gasteiger partial charge in [-0.3, -0.25) is 28.3 Å². The number of nitrogens with one attached hydrogen (secondary N) is 1. The second-order valence-electron chi connectivity index (χ2n) is 12.1. The lowest BCUT2D eigenvalue weighted by molar-refractivity contribution is -0.231. The third-order valence-electron chi connectivity index (χ3n) is 8.26. The van der Waals surface area contributed by atoms with Crippen molar-refractivity contribution in [3.8, 4) is 11.3 Å². The summed E-state index contributed by atoms with van der Waals surface area (Å²) < 4.78 is 39.0. The lowest BCUT2D eigenvalue weighted by Gasteiger charge is -2.36. The van der Waals surface area contributed by atoms with Crippen LogP contribution in [0.4, 0.5) is 10.5 Å². The fourth-order valence-electron chi connectivity index (χ4n) is 5.55. The number of ether oxygens (including phenoxy) is 4. The lowest BCUT2D eigenvalue weighted by Crippen LogP contribution is -2.56. The van der Waals surface area contributed by atoms with Gasteiger partial charge in [0.1, 0.15) is 11.7 Å². The van der Waals surface area contributed by atoms with E-state index in [4.69, 9.17) is 23.5 Å². The minimum absolute atomic E-state index is 0.0166. The van der Waals surface area contributed by atoms with Crippen molar-refractivity contribution in [1.29, 1.82) is 0 Å². The van der Waals surface area contributed by atoms with Gasteiger partial charge in [0.15, 0.2) is 0 Å². The Morgan fingerprint density at radius 2 is 1.63 bits per heavy atom. The highest BCUT2D eigenvalue weighted by atomic mass is 31.1. The summed E-state index contributed by atoms with van der Waals surface area (Å²) in [7, 11) is -1.64. The van der Waals surface area contributed by atoms with Crippen molar-refractivity contribution in [2.45, 2.75) is 58.7 Å². The number of esters is 2. The summed E-state index contributed by atoms with van der Waals surface area (Å²) in [4.78, 5) is 73.1. The molecule has 1 N–H and O–H groups in total. The zero-order valence-corrected chi connectivity index (χ0v) is 30.3. The zero-order chi connectivity index (χ0) is 36.9. The predicted octanol–water partition coefficient (Wildman–Crippen LogP) is 3.05. The van der Waals surface area contributed by atoms with Gasteiger partial charge in [0, 0.05) is 71.5 Å². The van der Waals surface area contributed by atoms with Crippen LogP contribution in [0.25, 0.3) is 11.3 Å². The Balaban J connectivity index is 1.57. The maximum absolute atomic E-state index is 13.9. The Morgan fingerprint density at radius 3 is 2.24 bits per heavy atom. The molecule has 1 aromatic carbocycles. The minimum Gasteiger partial charge on any atom is -0.449 e. The molecule has 17 heteroatoms. The highest BCUT2D eigenvalue weighted by Crippen LogP contribution is 2.30. The van der Waals surface area contributed by atoms with Crippen molar-refractivity contribution in [3.05, 3.63) is 48.2 Å². The van der Waals surface area contributed by atoms with Crippen LogP contribution in [-0.4, -0.2) is 122 Å². The number of carbonyl (C=O) groups excluding carboxylic acids is 5. The Kier molecular flexibility index (Phi) is 14.8. The third kappa shape index (κ3) is 11.8. The highest BCUT2D eigenvalue weighted by molar-refractivity contribution is 7.39. The number of hydrogen-bond acceptors (Lipinski definition) is 13. The van der Waals surface area contributed by atoms with Gasteiger partial charge in [-0.05, 0) is 25.0 Å². The van der Waals surface area contributed by atoms with Gasteiger partial charge in [-0.15, -0.1) is 0 Å². The molecule has 2 saturated heterocycles. The van der Waals surface area contributed by atoms with Crippen LogP contribution in [0.2, 0.25) is 0 Å². The number of nitrogens with zero attached hydrogens (tertiary/aromatic N) is 4. The number of aromatic nitrogens is 1. The summed E-state index contributed by atoms with van der Waals surface area (Å²) in [6.07, 6.45) is 1.43. The maximum Gasteiger partial charge on any atom is 0.409 e.